The van der Waals surface area contributed by atoms with Crippen LogP contribution in [0.1, 0.15) is 22.3 Å². The van der Waals surface area contributed by atoms with E-state index in [0.29, 0.717) is 15.7 Å². The Labute approximate surface area is 142 Å². The summed E-state index contributed by atoms with van der Waals surface area (Å²) in [5.74, 6) is -0.0802. The van der Waals surface area contributed by atoms with Crippen molar-refractivity contribution in [2.75, 3.05) is 25.0 Å². The van der Waals surface area contributed by atoms with Crippen molar-refractivity contribution in [3.63, 3.8) is 0 Å². The number of amides is 2. The van der Waals surface area contributed by atoms with Gasteiger partial charge in [0.25, 0.3) is 5.91 Å². The Kier molecular flexibility index (Phi) is 5.04. The van der Waals surface area contributed by atoms with Crippen LogP contribution in [0, 0.1) is 0 Å². The van der Waals surface area contributed by atoms with E-state index in [1.165, 1.54) is 22.7 Å². The number of thiazole rings is 1. The number of nitrogens with one attached hydrogen (secondary N) is 2. The van der Waals surface area contributed by atoms with Crippen molar-refractivity contribution in [1.29, 1.82) is 0 Å². The maximum absolute atomic E-state index is 12.4. The lowest BCUT2D eigenvalue weighted by atomic mass is 10.2. The van der Waals surface area contributed by atoms with Gasteiger partial charge in [0.2, 0.25) is 5.91 Å². The number of nitrogens with zero attached hydrogens (tertiary/aromatic N) is 2. The summed E-state index contributed by atoms with van der Waals surface area (Å²) >= 11 is 2.73. The van der Waals surface area contributed by atoms with Crippen LogP contribution in [0.3, 0.4) is 0 Å². The first-order chi connectivity index (χ1) is 11.1. The van der Waals surface area contributed by atoms with Gasteiger partial charge in [-0.3, -0.25) is 14.9 Å². The predicted molar refractivity (Wildman–Crippen MR) is 92.1 cm³/mol. The molecule has 1 saturated heterocycles. The third-order valence-electron chi connectivity index (χ3n) is 3.67. The number of anilines is 1. The van der Waals surface area contributed by atoms with Crippen LogP contribution < -0.4 is 10.6 Å². The Morgan fingerprint density at radius 2 is 2.35 bits per heavy atom. The van der Waals surface area contributed by atoms with Gasteiger partial charge in [-0.15, -0.1) is 22.7 Å². The normalized spacial score (nSPS) is 18.0. The lowest BCUT2D eigenvalue weighted by Crippen LogP contribution is -2.52. The fourth-order valence-corrected chi connectivity index (χ4v) is 3.80. The highest BCUT2D eigenvalue weighted by molar-refractivity contribution is 7.14. The van der Waals surface area contributed by atoms with Crippen LogP contribution >= 0.6 is 22.7 Å². The van der Waals surface area contributed by atoms with E-state index < -0.39 is 0 Å². The van der Waals surface area contributed by atoms with Gasteiger partial charge >= 0.3 is 0 Å². The molecule has 0 aliphatic carbocycles. The Morgan fingerprint density at radius 1 is 1.48 bits per heavy atom. The molecule has 3 heterocycles. The Bertz CT molecular complexity index is 683. The average molecular weight is 350 g/mol. The van der Waals surface area contributed by atoms with Gasteiger partial charge in [-0.1, -0.05) is 6.07 Å². The van der Waals surface area contributed by atoms with Crippen LogP contribution in [0.25, 0.3) is 0 Å². The highest BCUT2D eigenvalue weighted by Gasteiger charge is 2.23. The predicted octanol–water partition coefficient (Wildman–Crippen LogP) is 1.82. The molecule has 0 spiro atoms. The molecule has 1 fully saturated rings. The van der Waals surface area contributed by atoms with Crippen LogP contribution in [-0.4, -0.2) is 47.4 Å². The van der Waals surface area contributed by atoms with Crippen molar-refractivity contribution in [3.05, 3.63) is 33.5 Å². The molecule has 2 aromatic heterocycles. The van der Waals surface area contributed by atoms with Gasteiger partial charge in [0.1, 0.15) is 0 Å². The largest absolute Gasteiger partial charge is 0.337 e. The van der Waals surface area contributed by atoms with Gasteiger partial charge in [0, 0.05) is 31.1 Å². The minimum Gasteiger partial charge on any atom is -0.337 e. The number of hydrogen-bond donors (Lipinski definition) is 2. The Hall–Kier alpha value is -1.77. The SMILES string of the molecule is C[C@@H]1CNCCN1C(=O)Cc1csc(NC(=O)c2cccs2)n1. The van der Waals surface area contributed by atoms with E-state index in [0.717, 1.165) is 19.6 Å². The molecular weight excluding hydrogens is 332 g/mol. The van der Waals surface area contributed by atoms with Gasteiger partial charge in [-0.2, -0.15) is 0 Å². The number of aromatic nitrogens is 1. The molecule has 2 aromatic rings. The molecule has 1 atom stereocenters. The lowest BCUT2D eigenvalue weighted by molar-refractivity contribution is -0.133. The van der Waals surface area contributed by atoms with Crippen molar-refractivity contribution >= 4 is 39.6 Å². The Balaban J connectivity index is 1.58. The maximum Gasteiger partial charge on any atom is 0.267 e. The molecule has 1 aliphatic heterocycles. The van der Waals surface area contributed by atoms with Gasteiger partial charge < -0.3 is 10.2 Å². The van der Waals surface area contributed by atoms with Crippen molar-refractivity contribution < 1.29 is 9.59 Å². The lowest BCUT2D eigenvalue weighted by Gasteiger charge is -2.33. The van der Waals surface area contributed by atoms with Gasteiger partial charge in [-0.05, 0) is 18.4 Å². The van der Waals surface area contributed by atoms with Gasteiger partial charge in [-0.25, -0.2) is 4.98 Å². The standard InChI is InChI=1S/C15H18N4O2S2/c1-10-8-16-4-5-19(10)13(20)7-11-9-23-15(17-11)18-14(21)12-3-2-6-22-12/h2-3,6,9-10,16H,4-5,7-8H2,1H3,(H,17,18,21)/t10-/m1/s1. The van der Waals surface area contributed by atoms with E-state index in [1.54, 1.807) is 6.07 Å². The zero-order valence-corrected chi connectivity index (χ0v) is 14.4. The summed E-state index contributed by atoms with van der Waals surface area (Å²) in [5.41, 5.74) is 0.701. The summed E-state index contributed by atoms with van der Waals surface area (Å²) in [6, 6.07) is 3.80. The second-order valence-electron chi connectivity index (χ2n) is 5.39. The van der Waals surface area contributed by atoms with Crippen LogP contribution in [0.5, 0.6) is 0 Å². The fraction of sp³-hybridized carbons (Fsp3) is 0.400. The topological polar surface area (TPSA) is 74.3 Å². The van der Waals surface area contributed by atoms with Crippen LogP contribution in [0.4, 0.5) is 5.13 Å². The van der Waals surface area contributed by atoms with E-state index in [-0.39, 0.29) is 24.3 Å². The number of carbonyl (C=O) groups is 2. The first-order valence-corrected chi connectivity index (χ1v) is 9.19. The average Bonchev–Trinajstić information content (AvgIpc) is 3.19. The van der Waals surface area contributed by atoms with E-state index in [2.05, 4.69) is 15.6 Å². The van der Waals surface area contributed by atoms with Gasteiger partial charge in [0.05, 0.1) is 17.0 Å². The minimum atomic E-state index is -0.164. The summed E-state index contributed by atoms with van der Waals surface area (Å²) in [4.78, 5) is 31.2. The zero-order valence-electron chi connectivity index (χ0n) is 12.7. The molecule has 2 N–H and O–H groups in total. The molecule has 8 heteroatoms. The summed E-state index contributed by atoms with van der Waals surface area (Å²) < 4.78 is 0. The molecule has 0 radical (unpaired) electrons. The number of thiophene rings is 1. The van der Waals surface area contributed by atoms with Crippen LogP contribution in [0.15, 0.2) is 22.9 Å². The molecule has 3 rings (SSSR count). The molecule has 0 unspecified atom stereocenters. The molecule has 0 saturated carbocycles. The number of hydrogen-bond acceptors (Lipinski definition) is 6. The Morgan fingerprint density at radius 3 is 3.09 bits per heavy atom. The third kappa shape index (κ3) is 3.95. The first kappa shape index (κ1) is 16.1. The second-order valence-corrected chi connectivity index (χ2v) is 7.20. The van der Waals surface area contributed by atoms with Crippen LogP contribution in [0.2, 0.25) is 0 Å². The first-order valence-electron chi connectivity index (χ1n) is 7.43. The molecule has 2 amide bonds. The minimum absolute atomic E-state index is 0.0837. The summed E-state index contributed by atoms with van der Waals surface area (Å²) in [7, 11) is 0. The summed E-state index contributed by atoms with van der Waals surface area (Å²) in [6.07, 6.45) is 0.274. The molecule has 0 bridgehead atoms. The van der Waals surface area contributed by atoms with E-state index in [4.69, 9.17) is 0 Å². The molecular formula is C15H18N4O2S2. The van der Waals surface area contributed by atoms with Crippen molar-refractivity contribution in [3.8, 4) is 0 Å². The quantitative estimate of drug-likeness (QED) is 0.882. The number of rotatable bonds is 4. The van der Waals surface area contributed by atoms with E-state index in [1.807, 2.05) is 28.7 Å². The van der Waals surface area contributed by atoms with Crippen molar-refractivity contribution in [2.24, 2.45) is 0 Å². The second kappa shape index (κ2) is 7.20. The molecule has 122 valence electrons. The smallest absolute Gasteiger partial charge is 0.267 e. The fourth-order valence-electron chi connectivity index (χ4n) is 2.48. The molecule has 0 aromatic carbocycles. The highest BCUT2D eigenvalue weighted by Crippen LogP contribution is 2.19. The monoisotopic (exact) mass is 350 g/mol. The third-order valence-corrected chi connectivity index (χ3v) is 5.35. The van der Waals surface area contributed by atoms with Crippen molar-refractivity contribution in [1.82, 2.24) is 15.2 Å². The summed E-state index contributed by atoms with van der Waals surface area (Å²) in [6.45, 7) is 4.42. The van der Waals surface area contributed by atoms with E-state index >= 15 is 0 Å². The summed E-state index contributed by atoms with van der Waals surface area (Å²) in [5, 5.41) is 10.3. The number of piperazine rings is 1. The van der Waals surface area contributed by atoms with Crippen LogP contribution in [-0.2, 0) is 11.2 Å². The molecule has 1 aliphatic rings. The van der Waals surface area contributed by atoms with E-state index in [9.17, 15) is 9.59 Å². The molecule has 23 heavy (non-hydrogen) atoms. The van der Waals surface area contributed by atoms with Crippen molar-refractivity contribution in [2.45, 2.75) is 19.4 Å². The number of carbonyl (C=O) groups excluding carboxylic acids is 2. The zero-order chi connectivity index (χ0) is 16.2. The van der Waals surface area contributed by atoms with Gasteiger partial charge in [0.15, 0.2) is 5.13 Å². The highest BCUT2D eigenvalue weighted by atomic mass is 32.1. The maximum atomic E-state index is 12.4. The molecule has 6 nitrogen and oxygen atoms in total.